The Bertz CT molecular complexity index is 1060. The summed E-state index contributed by atoms with van der Waals surface area (Å²) in [4.78, 5) is 0. The molecule has 0 saturated heterocycles. The van der Waals surface area contributed by atoms with Gasteiger partial charge >= 0.3 is 5.92 Å². The van der Waals surface area contributed by atoms with Gasteiger partial charge in [0.15, 0.2) is 23.1 Å². The van der Waals surface area contributed by atoms with Crippen molar-refractivity contribution in [3.8, 4) is 22.6 Å². The molecule has 170 valence electrons. The SMILES string of the molecule is C=CCCC1=CCC(COc2ccc3c(c2F)C(F)(F)c2c-3ccc(OCC)c2F)CO1. The Morgan fingerprint density at radius 2 is 1.69 bits per heavy atom. The van der Waals surface area contributed by atoms with Crippen molar-refractivity contribution in [3.63, 3.8) is 0 Å². The van der Waals surface area contributed by atoms with Gasteiger partial charge in [0.2, 0.25) is 0 Å². The summed E-state index contributed by atoms with van der Waals surface area (Å²) in [5, 5.41) is 0. The van der Waals surface area contributed by atoms with Crippen molar-refractivity contribution >= 4 is 0 Å². The zero-order chi connectivity index (χ0) is 22.9. The van der Waals surface area contributed by atoms with Crippen LogP contribution in [0, 0.1) is 17.6 Å². The second kappa shape index (κ2) is 8.88. The van der Waals surface area contributed by atoms with Gasteiger partial charge in [-0.05, 0) is 61.2 Å². The average molecular weight is 448 g/mol. The zero-order valence-electron chi connectivity index (χ0n) is 17.7. The summed E-state index contributed by atoms with van der Waals surface area (Å²) in [6.45, 7) is 5.94. The van der Waals surface area contributed by atoms with Crippen molar-refractivity contribution in [2.45, 2.75) is 32.1 Å². The summed E-state index contributed by atoms with van der Waals surface area (Å²) in [7, 11) is 0. The summed E-state index contributed by atoms with van der Waals surface area (Å²) in [5.74, 6) is -5.92. The zero-order valence-corrected chi connectivity index (χ0v) is 17.7. The molecule has 1 atom stereocenters. The molecule has 1 unspecified atom stereocenters. The molecule has 2 aromatic rings. The summed E-state index contributed by atoms with van der Waals surface area (Å²) >= 11 is 0. The average Bonchev–Trinajstić information content (AvgIpc) is 3.02. The molecule has 2 aliphatic rings. The van der Waals surface area contributed by atoms with Gasteiger partial charge in [-0.1, -0.05) is 6.08 Å². The number of hydrogen-bond donors (Lipinski definition) is 0. The van der Waals surface area contributed by atoms with E-state index in [1.807, 2.05) is 12.2 Å². The third-order valence-electron chi connectivity index (χ3n) is 5.68. The molecule has 0 N–H and O–H groups in total. The first-order valence-electron chi connectivity index (χ1n) is 10.6. The van der Waals surface area contributed by atoms with E-state index in [4.69, 9.17) is 14.2 Å². The van der Waals surface area contributed by atoms with Crippen LogP contribution in [0.5, 0.6) is 11.5 Å². The van der Waals surface area contributed by atoms with Crippen molar-refractivity contribution in [3.05, 3.63) is 71.5 Å². The van der Waals surface area contributed by atoms with Gasteiger partial charge in [-0.25, -0.2) is 8.78 Å². The van der Waals surface area contributed by atoms with Crippen molar-refractivity contribution in [2.24, 2.45) is 5.92 Å². The van der Waals surface area contributed by atoms with Gasteiger partial charge < -0.3 is 14.2 Å². The summed E-state index contributed by atoms with van der Waals surface area (Å²) in [6.07, 6.45) is 6.05. The van der Waals surface area contributed by atoms with Crippen molar-refractivity contribution in [2.75, 3.05) is 19.8 Å². The maximum atomic E-state index is 15.2. The molecule has 0 amide bonds. The van der Waals surface area contributed by atoms with Gasteiger partial charge in [0.25, 0.3) is 0 Å². The van der Waals surface area contributed by atoms with Gasteiger partial charge in [-0.3, -0.25) is 0 Å². The molecule has 32 heavy (non-hydrogen) atoms. The first kappa shape index (κ1) is 22.2. The maximum Gasteiger partial charge on any atom is 0.305 e. The molecule has 0 saturated carbocycles. The largest absolute Gasteiger partial charge is 0.498 e. The second-order valence-corrected chi connectivity index (χ2v) is 7.83. The van der Waals surface area contributed by atoms with Crippen LogP contribution in [-0.4, -0.2) is 19.8 Å². The number of benzene rings is 2. The molecule has 1 heterocycles. The minimum Gasteiger partial charge on any atom is -0.498 e. The van der Waals surface area contributed by atoms with Crippen molar-refractivity contribution < 1.29 is 31.8 Å². The minimum atomic E-state index is -3.85. The topological polar surface area (TPSA) is 27.7 Å². The molecule has 1 aliphatic heterocycles. The van der Waals surface area contributed by atoms with Gasteiger partial charge in [-0.2, -0.15) is 8.78 Å². The highest BCUT2D eigenvalue weighted by atomic mass is 19.3. The van der Waals surface area contributed by atoms with Crippen LogP contribution in [0.2, 0.25) is 0 Å². The Balaban J connectivity index is 1.55. The fraction of sp³-hybridized carbons (Fsp3) is 0.360. The van der Waals surface area contributed by atoms with Gasteiger partial charge in [0.1, 0.15) is 0 Å². The van der Waals surface area contributed by atoms with E-state index in [0.29, 0.717) is 13.0 Å². The molecular weight excluding hydrogens is 424 g/mol. The normalized spacial score (nSPS) is 18.3. The lowest BCUT2D eigenvalue weighted by Gasteiger charge is -2.23. The number of hydrogen-bond acceptors (Lipinski definition) is 3. The predicted octanol–water partition coefficient (Wildman–Crippen LogP) is 6.75. The first-order valence-corrected chi connectivity index (χ1v) is 10.6. The van der Waals surface area contributed by atoms with Crippen molar-refractivity contribution in [1.29, 1.82) is 0 Å². The molecular formula is C25H24F4O3. The number of rotatable bonds is 8. The lowest BCUT2D eigenvalue weighted by Crippen LogP contribution is -2.22. The van der Waals surface area contributed by atoms with E-state index in [1.54, 1.807) is 6.92 Å². The van der Waals surface area contributed by atoms with Crippen molar-refractivity contribution in [1.82, 2.24) is 0 Å². The number of ether oxygens (including phenoxy) is 3. The Morgan fingerprint density at radius 1 is 1.06 bits per heavy atom. The van der Waals surface area contributed by atoms with Crippen LogP contribution < -0.4 is 9.47 Å². The molecule has 7 heteroatoms. The van der Waals surface area contributed by atoms with E-state index in [0.717, 1.165) is 18.6 Å². The first-order chi connectivity index (χ1) is 15.4. The molecule has 3 nitrogen and oxygen atoms in total. The highest BCUT2D eigenvalue weighted by molar-refractivity contribution is 5.81. The van der Waals surface area contributed by atoms with Gasteiger partial charge in [0, 0.05) is 12.3 Å². The third-order valence-corrected chi connectivity index (χ3v) is 5.68. The summed E-state index contributed by atoms with van der Waals surface area (Å²) in [6, 6.07) is 5.27. The standard InChI is InChI=1S/C25H24F4O3/c1-3-5-6-16-8-7-15(13-31-16)14-32-20-12-10-18-17-9-11-19(30-4-2)23(26)21(17)25(28,29)22(18)24(20)27/h3,8-12,15H,1,4-7,13-14H2,2H3. The molecule has 0 bridgehead atoms. The third kappa shape index (κ3) is 3.85. The van der Waals surface area contributed by atoms with Crippen LogP contribution in [0.1, 0.15) is 37.3 Å². The fourth-order valence-corrected chi connectivity index (χ4v) is 4.07. The summed E-state index contributed by atoms with van der Waals surface area (Å²) in [5.41, 5.74) is -1.83. The lowest BCUT2D eigenvalue weighted by atomic mass is 10.0. The number of halogens is 4. The van der Waals surface area contributed by atoms with Crippen LogP contribution in [0.3, 0.4) is 0 Å². The van der Waals surface area contributed by atoms with E-state index in [-0.39, 0.29) is 41.8 Å². The lowest BCUT2D eigenvalue weighted by molar-refractivity contribution is 0.0389. The molecule has 1 aliphatic carbocycles. The molecule has 0 spiro atoms. The highest BCUT2D eigenvalue weighted by Crippen LogP contribution is 2.55. The van der Waals surface area contributed by atoms with Crippen LogP contribution in [0.4, 0.5) is 17.6 Å². The van der Waals surface area contributed by atoms with E-state index in [1.165, 1.54) is 24.3 Å². The monoisotopic (exact) mass is 448 g/mol. The van der Waals surface area contributed by atoms with Gasteiger partial charge in [0.05, 0.1) is 36.7 Å². The number of alkyl halides is 2. The number of allylic oxidation sites excluding steroid dienone is 3. The summed E-state index contributed by atoms with van der Waals surface area (Å²) < 4.78 is 76.6. The van der Waals surface area contributed by atoms with Gasteiger partial charge in [-0.15, -0.1) is 6.58 Å². The molecule has 2 aromatic carbocycles. The predicted molar refractivity (Wildman–Crippen MR) is 113 cm³/mol. The Kier molecular flexibility index (Phi) is 6.17. The van der Waals surface area contributed by atoms with Crippen LogP contribution in [0.15, 0.2) is 48.8 Å². The quantitative estimate of drug-likeness (QED) is 0.330. The Morgan fingerprint density at radius 3 is 2.22 bits per heavy atom. The van der Waals surface area contributed by atoms with E-state index in [9.17, 15) is 4.39 Å². The van der Waals surface area contributed by atoms with E-state index < -0.39 is 28.7 Å². The van der Waals surface area contributed by atoms with E-state index >= 15 is 13.2 Å². The Labute approximate surface area is 184 Å². The van der Waals surface area contributed by atoms with Crippen LogP contribution >= 0.6 is 0 Å². The second-order valence-electron chi connectivity index (χ2n) is 7.83. The van der Waals surface area contributed by atoms with Crippen LogP contribution in [0.25, 0.3) is 11.1 Å². The number of fused-ring (bicyclic) bond motifs is 3. The molecule has 0 radical (unpaired) electrons. The molecule has 0 aromatic heterocycles. The molecule has 0 fully saturated rings. The minimum absolute atomic E-state index is 0.0287. The maximum absolute atomic E-state index is 15.2. The smallest absolute Gasteiger partial charge is 0.305 e. The van der Waals surface area contributed by atoms with E-state index in [2.05, 4.69) is 6.58 Å². The Hall–Kier alpha value is -2.96. The fourth-order valence-electron chi connectivity index (χ4n) is 4.07. The molecule has 4 rings (SSSR count). The van der Waals surface area contributed by atoms with Crippen LogP contribution in [-0.2, 0) is 10.7 Å². The highest BCUT2D eigenvalue weighted by Gasteiger charge is 2.50.